The Labute approximate surface area is 88.2 Å². The van der Waals surface area contributed by atoms with Gasteiger partial charge >= 0.3 is 5.97 Å². The molecule has 0 saturated heterocycles. The van der Waals surface area contributed by atoms with Gasteiger partial charge in [-0.25, -0.2) is 4.79 Å². The molecule has 4 nitrogen and oxygen atoms in total. The number of aromatic nitrogens is 1. The first kappa shape index (κ1) is 11.4. The van der Waals surface area contributed by atoms with Crippen LogP contribution in [0.5, 0.6) is 0 Å². The molecule has 4 heteroatoms. The maximum absolute atomic E-state index is 10.2. The molecule has 0 amide bonds. The highest BCUT2D eigenvalue weighted by atomic mass is 16.5. The van der Waals surface area contributed by atoms with Crippen LogP contribution >= 0.6 is 0 Å². The molecular formula is C11H13NO3. The fourth-order valence-corrected chi connectivity index (χ4v) is 1.09. The van der Waals surface area contributed by atoms with Gasteiger partial charge in [0, 0.05) is 12.1 Å². The van der Waals surface area contributed by atoms with Crippen LogP contribution in [0.1, 0.15) is 11.4 Å². The van der Waals surface area contributed by atoms with Gasteiger partial charge in [-0.05, 0) is 18.2 Å². The lowest BCUT2D eigenvalue weighted by atomic mass is 10.2. The molecule has 15 heavy (non-hydrogen) atoms. The zero-order chi connectivity index (χ0) is 11.1. The second-order valence-corrected chi connectivity index (χ2v) is 2.95. The van der Waals surface area contributed by atoms with E-state index in [2.05, 4.69) is 11.6 Å². The second kappa shape index (κ2) is 5.93. The van der Waals surface area contributed by atoms with Crippen LogP contribution in [0.25, 0.3) is 6.08 Å². The van der Waals surface area contributed by atoms with E-state index in [0.29, 0.717) is 13.0 Å². The van der Waals surface area contributed by atoms with Crippen molar-refractivity contribution in [2.24, 2.45) is 0 Å². The summed E-state index contributed by atoms with van der Waals surface area (Å²) in [5.41, 5.74) is 1.68. The summed E-state index contributed by atoms with van der Waals surface area (Å²) in [6, 6.07) is 5.61. The van der Waals surface area contributed by atoms with E-state index in [9.17, 15) is 4.79 Å². The zero-order valence-electron chi connectivity index (χ0n) is 8.35. The molecule has 0 bridgehead atoms. The SMILES string of the molecule is C=Cc1cccc(CCOCC(=O)O)n1. The summed E-state index contributed by atoms with van der Waals surface area (Å²) in [5, 5.41) is 8.34. The minimum Gasteiger partial charge on any atom is -0.480 e. The summed E-state index contributed by atoms with van der Waals surface area (Å²) in [6.07, 6.45) is 2.27. The fraction of sp³-hybridized carbons (Fsp3) is 0.273. The lowest BCUT2D eigenvalue weighted by Crippen LogP contribution is -2.09. The highest BCUT2D eigenvalue weighted by Crippen LogP contribution is 2.01. The van der Waals surface area contributed by atoms with Gasteiger partial charge in [-0.2, -0.15) is 0 Å². The molecule has 80 valence electrons. The number of hydrogen-bond acceptors (Lipinski definition) is 3. The molecule has 0 fully saturated rings. The number of carboxylic acids is 1. The third-order valence-corrected chi connectivity index (χ3v) is 1.77. The molecule has 0 radical (unpaired) electrons. The number of aliphatic carboxylic acids is 1. The Morgan fingerprint density at radius 2 is 2.40 bits per heavy atom. The van der Waals surface area contributed by atoms with Gasteiger partial charge in [-0.3, -0.25) is 4.98 Å². The molecule has 0 aliphatic carbocycles. The van der Waals surface area contributed by atoms with Crippen LogP contribution in [0.4, 0.5) is 0 Å². The molecule has 0 saturated carbocycles. The molecule has 0 aromatic carbocycles. The van der Waals surface area contributed by atoms with Crippen molar-refractivity contribution in [2.45, 2.75) is 6.42 Å². The van der Waals surface area contributed by atoms with Gasteiger partial charge in [0.15, 0.2) is 0 Å². The first-order chi connectivity index (χ1) is 7.22. The van der Waals surface area contributed by atoms with Crippen LogP contribution in [0.3, 0.4) is 0 Å². The van der Waals surface area contributed by atoms with E-state index >= 15 is 0 Å². The summed E-state index contributed by atoms with van der Waals surface area (Å²) in [7, 11) is 0. The van der Waals surface area contributed by atoms with Gasteiger partial charge in [0.2, 0.25) is 0 Å². The predicted octanol–water partition coefficient (Wildman–Crippen LogP) is 1.37. The van der Waals surface area contributed by atoms with E-state index < -0.39 is 5.97 Å². The number of ether oxygens (including phenoxy) is 1. The molecule has 0 aliphatic rings. The van der Waals surface area contributed by atoms with Crippen LogP contribution < -0.4 is 0 Å². The average molecular weight is 207 g/mol. The molecule has 0 aliphatic heterocycles. The van der Waals surface area contributed by atoms with E-state index in [1.807, 2.05) is 18.2 Å². The highest BCUT2D eigenvalue weighted by molar-refractivity contribution is 5.67. The third-order valence-electron chi connectivity index (χ3n) is 1.77. The number of pyridine rings is 1. The Morgan fingerprint density at radius 3 is 3.07 bits per heavy atom. The Hall–Kier alpha value is -1.68. The fourth-order valence-electron chi connectivity index (χ4n) is 1.09. The lowest BCUT2D eigenvalue weighted by Gasteiger charge is -2.02. The van der Waals surface area contributed by atoms with Gasteiger partial charge in [0.1, 0.15) is 6.61 Å². The topological polar surface area (TPSA) is 59.4 Å². The summed E-state index contributed by atoms with van der Waals surface area (Å²) in [6.45, 7) is 3.72. The number of carbonyl (C=O) groups is 1. The maximum Gasteiger partial charge on any atom is 0.329 e. The van der Waals surface area contributed by atoms with Gasteiger partial charge in [-0.15, -0.1) is 0 Å². The van der Waals surface area contributed by atoms with Crippen molar-refractivity contribution < 1.29 is 14.6 Å². The molecule has 0 atom stereocenters. The van der Waals surface area contributed by atoms with E-state index in [0.717, 1.165) is 11.4 Å². The summed E-state index contributed by atoms with van der Waals surface area (Å²) in [5.74, 6) is -0.956. The Bertz CT molecular complexity index is 349. The van der Waals surface area contributed by atoms with Crippen molar-refractivity contribution in [2.75, 3.05) is 13.2 Å². The van der Waals surface area contributed by atoms with Gasteiger partial charge < -0.3 is 9.84 Å². The quantitative estimate of drug-likeness (QED) is 0.716. The normalized spacial score (nSPS) is 9.87. The number of nitrogens with zero attached hydrogens (tertiary/aromatic N) is 1. The minimum absolute atomic E-state index is 0.263. The van der Waals surface area contributed by atoms with E-state index in [1.165, 1.54) is 0 Å². The van der Waals surface area contributed by atoms with E-state index in [4.69, 9.17) is 9.84 Å². The van der Waals surface area contributed by atoms with Crippen molar-refractivity contribution in [3.63, 3.8) is 0 Å². The summed E-state index contributed by atoms with van der Waals surface area (Å²) in [4.78, 5) is 14.4. The summed E-state index contributed by atoms with van der Waals surface area (Å²) >= 11 is 0. The standard InChI is InChI=1S/C11H13NO3/c1-2-9-4-3-5-10(12-9)6-7-15-8-11(13)14/h2-5H,1,6-8H2,(H,13,14). The molecule has 1 N–H and O–H groups in total. The van der Waals surface area contributed by atoms with Crippen LogP contribution in [-0.4, -0.2) is 29.3 Å². The molecule has 1 aromatic rings. The Kier molecular flexibility index (Phi) is 4.50. The molecule has 1 aromatic heterocycles. The smallest absolute Gasteiger partial charge is 0.329 e. The van der Waals surface area contributed by atoms with Crippen LogP contribution in [-0.2, 0) is 16.0 Å². The van der Waals surface area contributed by atoms with Gasteiger partial charge in [0.05, 0.1) is 12.3 Å². The van der Waals surface area contributed by atoms with Crippen LogP contribution in [0.2, 0.25) is 0 Å². The van der Waals surface area contributed by atoms with Crippen molar-refractivity contribution in [3.8, 4) is 0 Å². The van der Waals surface area contributed by atoms with Crippen molar-refractivity contribution in [1.82, 2.24) is 4.98 Å². The van der Waals surface area contributed by atoms with Crippen molar-refractivity contribution >= 4 is 12.0 Å². The predicted molar refractivity (Wildman–Crippen MR) is 56.5 cm³/mol. The number of rotatable bonds is 6. The van der Waals surface area contributed by atoms with Crippen LogP contribution in [0.15, 0.2) is 24.8 Å². The monoisotopic (exact) mass is 207 g/mol. The molecular weight excluding hydrogens is 194 g/mol. The molecule has 1 heterocycles. The van der Waals surface area contributed by atoms with Crippen LogP contribution in [0, 0.1) is 0 Å². The number of hydrogen-bond donors (Lipinski definition) is 1. The summed E-state index contributed by atoms with van der Waals surface area (Å²) < 4.78 is 4.91. The lowest BCUT2D eigenvalue weighted by molar-refractivity contribution is -0.142. The third kappa shape index (κ3) is 4.37. The molecule has 0 unspecified atom stereocenters. The Balaban J connectivity index is 2.37. The van der Waals surface area contributed by atoms with Crippen molar-refractivity contribution in [1.29, 1.82) is 0 Å². The molecule has 0 spiro atoms. The Morgan fingerprint density at radius 1 is 1.60 bits per heavy atom. The van der Waals surface area contributed by atoms with Crippen molar-refractivity contribution in [3.05, 3.63) is 36.2 Å². The zero-order valence-corrected chi connectivity index (χ0v) is 8.35. The van der Waals surface area contributed by atoms with Gasteiger partial charge in [0.25, 0.3) is 0 Å². The van der Waals surface area contributed by atoms with E-state index in [-0.39, 0.29) is 6.61 Å². The first-order valence-electron chi connectivity index (χ1n) is 4.60. The first-order valence-corrected chi connectivity index (χ1v) is 4.60. The van der Waals surface area contributed by atoms with Gasteiger partial charge in [-0.1, -0.05) is 12.6 Å². The minimum atomic E-state index is -0.956. The largest absolute Gasteiger partial charge is 0.480 e. The highest BCUT2D eigenvalue weighted by Gasteiger charge is 1.98. The maximum atomic E-state index is 10.2. The second-order valence-electron chi connectivity index (χ2n) is 2.95. The average Bonchev–Trinajstić information content (AvgIpc) is 2.24. The molecule has 1 rings (SSSR count). The van der Waals surface area contributed by atoms with E-state index in [1.54, 1.807) is 6.08 Å². The number of carboxylic acid groups (broad SMARTS) is 1.